The number of rotatable bonds is 6. The summed E-state index contributed by atoms with van der Waals surface area (Å²) in [6, 6.07) is 3.70. The molecule has 1 rings (SSSR count). The normalized spacial score (nSPS) is 12.6. The minimum absolute atomic E-state index is 0.0941. The van der Waals surface area contributed by atoms with Crippen LogP contribution in [0.5, 0.6) is 0 Å². The van der Waals surface area contributed by atoms with E-state index in [0.29, 0.717) is 0 Å². The molecule has 0 bridgehead atoms. The molecule has 0 spiro atoms. The SMILES string of the molecule is CCC(C)N(CC(=O)O)C(=O)/C=C/c1ccc(Br)s1. The first-order valence-corrected chi connectivity index (χ1v) is 7.50. The van der Waals surface area contributed by atoms with Gasteiger partial charge in [-0.1, -0.05) is 6.92 Å². The third-order valence-corrected chi connectivity index (χ3v) is 4.28. The van der Waals surface area contributed by atoms with Crippen LogP contribution in [0.15, 0.2) is 22.0 Å². The molecule has 0 saturated heterocycles. The van der Waals surface area contributed by atoms with Crippen molar-refractivity contribution < 1.29 is 14.7 Å². The first kappa shape index (κ1) is 15.9. The van der Waals surface area contributed by atoms with Crippen LogP contribution in [0.25, 0.3) is 6.08 Å². The number of carbonyl (C=O) groups excluding carboxylic acids is 1. The van der Waals surface area contributed by atoms with Gasteiger partial charge in [0.1, 0.15) is 6.54 Å². The first-order chi connectivity index (χ1) is 8.93. The molecule has 6 heteroatoms. The van der Waals surface area contributed by atoms with Gasteiger partial charge in [0.25, 0.3) is 0 Å². The molecule has 0 saturated carbocycles. The van der Waals surface area contributed by atoms with Crippen LogP contribution in [0, 0.1) is 0 Å². The van der Waals surface area contributed by atoms with Gasteiger partial charge in [0.15, 0.2) is 0 Å². The van der Waals surface area contributed by atoms with Gasteiger partial charge in [-0.05, 0) is 47.5 Å². The van der Waals surface area contributed by atoms with Crippen LogP contribution in [-0.2, 0) is 9.59 Å². The molecule has 0 aliphatic rings. The standard InChI is InChI=1S/C13H16BrNO3S/c1-3-9(2)15(8-13(17)18)12(16)7-5-10-4-6-11(14)19-10/h4-7,9H,3,8H2,1-2H3,(H,17,18)/b7-5+. The maximum absolute atomic E-state index is 12.0. The van der Waals surface area contributed by atoms with E-state index in [1.54, 1.807) is 6.08 Å². The van der Waals surface area contributed by atoms with Crippen LogP contribution < -0.4 is 0 Å². The number of carboxylic acid groups (broad SMARTS) is 1. The Bertz CT molecular complexity index is 484. The Labute approximate surface area is 124 Å². The van der Waals surface area contributed by atoms with Crippen LogP contribution >= 0.6 is 27.3 Å². The molecule has 1 amide bonds. The predicted octanol–water partition coefficient (Wildman–Crippen LogP) is 3.24. The predicted molar refractivity (Wildman–Crippen MR) is 80.2 cm³/mol. The van der Waals surface area contributed by atoms with Gasteiger partial charge in [-0.15, -0.1) is 11.3 Å². The van der Waals surface area contributed by atoms with Crippen molar-refractivity contribution in [1.82, 2.24) is 4.90 Å². The number of thiophene rings is 1. The molecule has 0 aliphatic heterocycles. The summed E-state index contributed by atoms with van der Waals surface area (Å²) in [5, 5.41) is 8.84. The van der Waals surface area contributed by atoms with Gasteiger partial charge in [-0.2, -0.15) is 0 Å². The number of carboxylic acids is 1. The molecule has 104 valence electrons. The maximum atomic E-state index is 12.0. The van der Waals surface area contributed by atoms with Crippen molar-refractivity contribution >= 4 is 45.2 Å². The minimum Gasteiger partial charge on any atom is -0.480 e. The smallest absolute Gasteiger partial charge is 0.323 e. The molecule has 0 aromatic carbocycles. The van der Waals surface area contributed by atoms with E-state index in [1.807, 2.05) is 26.0 Å². The van der Waals surface area contributed by atoms with Crippen LogP contribution in [0.4, 0.5) is 0 Å². The molecule has 19 heavy (non-hydrogen) atoms. The van der Waals surface area contributed by atoms with Crippen molar-refractivity contribution in [3.05, 3.63) is 26.9 Å². The molecule has 1 N–H and O–H groups in total. The Morgan fingerprint density at radius 3 is 2.68 bits per heavy atom. The topological polar surface area (TPSA) is 57.6 Å². The molecule has 1 aromatic heterocycles. The number of carbonyl (C=O) groups is 2. The number of hydrogen-bond donors (Lipinski definition) is 1. The van der Waals surface area contributed by atoms with E-state index in [9.17, 15) is 9.59 Å². The summed E-state index contributed by atoms with van der Waals surface area (Å²) in [6.45, 7) is 3.50. The third-order valence-electron chi connectivity index (χ3n) is 2.70. The zero-order chi connectivity index (χ0) is 14.4. The van der Waals surface area contributed by atoms with Crippen molar-refractivity contribution in [3.63, 3.8) is 0 Å². The van der Waals surface area contributed by atoms with Crippen molar-refractivity contribution in [2.24, 2.45) is 0 Å². The Morgan fingerprint density at radius 1 is 1.53 bits per heavy atom. The summed E-state index contributed by atoms with van der Waals surface area (Å²) in [4.78, 5) is 25.1. The highest BCUT2D eigenvalue weighted by molar-refractivity contribution is 9.11. The fraction of sp³-hybridized carbons (Fsp3) is 0.385. The number of aliphatic carboxylic acids is 1. The Kier molecular flexibility index (Phi) is 6.24. The van der Waals surface area contributed by atoms with Crippen molar-refractivity contribution in [3.8, 4) is 0 Å². The van der Waals surface area contributed by atoms with Crippen LogP contribution in [-0.4, -0.2) is 34.5 Å². The molecule has 1 heterocycles. The summed E-state index contributed by atoms with van der Waals surface area (Å²) in [6.07, 6.45) is 3.85. The third kappa shape index (κ3) is 5.16. The molecule has 0 radical (unpaired) electrons. The van der Waals surface area contributed by atoms with Crippen molar-refractivity contribution in [1.29, 1.82) is 0 Å². The zero-order valence-electron chi connectivity index (χ0n) is 10.8. The van der Waals surface area contributed by atoms with Crippen molar-refractivity contribution in [2.45, 2.75) is 26.3 Å². The van der Waals surface area contributed by atoms with Crippen LogP contribution in [0.2, 0.25) is 0 Å². The second-order valence-corrected chi connectivity index (χ2v) is 6.59. The van der Waals surface area contributed by atoms with Crippen molar-refractivity contribution in [2.75, 3.05) is 6.54 Å². The summed E-state index contributed by atoms with van der Waals surface area (Å²) < 4.78 is 0.990. The average Bonchev–Trinajstić information content (AvgIpc) is 2.77. The lowest BCUT2D eigenvalue weighted by Gasteiger charge is -2.25. The van der Waals surface area contributed by atoms with Gasteiger partial charge in [0.2, 0.25) is 5.91 Å². The second-order valence-electron chi connectivity index (χ2n) is 4.09. The number of hydrogen-bond acceptors (Lipinski definition) is 3. The lowest BCUT2D eigenvalue weighted by atomic mass is 10.2. The van der Waals surface area contributed by atoms with Crippen LogP contribution in [0.3, 0.4) is 0 Å². The summed E-state index contributed by atoms with van der Waals surface area (Å²) in [5.74, 6) is -1.28. The monoisotopic (exact) mass is 345 g/mol. The lowest BCUT2D eigenvalue weighted by molar-refractivity contribution is -0.144. The molecule has 1 atom stereocenters. The zero-order valence-corrected chi connectivity index (χ0v) is 13.2. The van der Waals surface area contributed by atoms with E-state index in [2.05, 4.69) is 15.9 Å². The van der Waals surface area contributed by atoms with E-state index in [4.69, 9.17) is 5.11 Å². The highest BCUT2D eigenvalue weighted by atomic mass is 79.9. The summed E-state index contributed by atoms with van der Waals surface area (Å²) >= 11 is 4.86. The molecule has 1 aromatic rings. The highest BCUT2D eigenvalue weighted by Crippen LogP contribution is 2.23. The van der Waals surface area contributed by atoms with Gasteiger partial charge >= 0.3 is 5.97 Å². The molecule has 4 nitrogen and oxygen atoms in total. The fourth-order valence-corrected chi connectivity index (χ4v) is 2.81. The minimum atomic E-state index is -0.999. The van der Waals surface area contributed by atoms with Gasteiger partial charge in [0, 0.05) is 17.0 Å². The highest BCUT2D eigenvalue weighted by Gasteiger charge is 2.19. The maximum Gasteiger partial charge on any atom is 0.323 e. The fourth-order valence-electron chi connectivity index (χ4n) is 1.48. The molecule has 0 aliphatic carbocycles. The summed E-state index contributed by atoms with van der Waals surface area (Å²) in [7, 11) is 0. The second kappa shape index (κ2) is 7.45. The molecule has 1 unspecified atom stereocenters. The lowest BCUT2D eigenvalue weighted by Crippen LogP contribution is -2.40. The first-order valence-electron chi connectivity index (χ1n) is 5.89. The van der Waals surface area contributed by atoms with Gasteiger partial charge < -0.3 is 10.0 Å². The average molecular weight is 346 g/mol. The van der Waals surface area contributed by atoms with Crippen LogP contribution in [0.1, 0.15) is 25.1 Å². The molecular formula is C13H16BrNO3S. The van der Waals surface area contributed by atoms with E-state index in [-0.39, 0.29) is 18.5 Å². The van der Waals surface area contributed by atoms with E-state index in [0.717, 1.165) is 15.1 Å². The largest absolute Gasteiger partial charge is 0.480 e. The van der Waals surface area contributed by atoms with Gasteiger partial charge in [-0.3, -0.25) is 9.59 Å². The number of halogens is 1. The summed E-state index contributed by atoms with van der Waals surface area (Å²) in [5.41, 5.74) is 0. The van der Waals surface area contributed by atoms with E-state index < -0.39 is 5.97 Å². The van der Waals surface area contributed by atoms with Gasteiger partial charge in [0.05, 0.1) is 3.79 Å². The number of nitrogens with zero attached hydrogens (tertiary/aromatic N) is 1. The molecular weight excluding hydrogens is 330 g/mol. The van der Waals surface area contributed by atoms with E-state index >= 15 is 0 Å². The Balaban J connectivity index is 2.76. The van der Waals surface area contributed by atoms with E-state index in [1.165, 1.54) is 22.3 Å². The Morgan fingerprint density at radius 2 is 2.21 bits per heavy atom. The van der Waals surface area contributed by atoms with Gasteiger partial charge in [-0.25, -0.2) is 0 Å². The Hall–Kier alpha value is -1.14. The molecule has 0 fully saturated rings. The number of amides is 1. The quantitative estimate of drug-likeness (QED) is 0.805.